The van der Waals surface area contributed by atoms with Gasteiger partial charge < -0.3 is 15.4 Å². The number of carbonyl (C=O) groups excluding carboxylic acids is 1. The number of nitrogens with one attached hydrogen (secondary N) is 2. The smallest absolute Gasteiger partial charge is 0.315 e. The van der Waals surface area contributed by atoms with Crippen molar-refractivity contribution in [3.8, 4) is 17.6 Å². The highest BCUT2D eigenvalue weighted by Crippen LogP contribution is 2.17. The van der Waals surface area contributed by atoms with Crippen LogP contribution in [0.2, 0.25) is 5.02 Å². The van der Waals surface area contributed by atoms with Crippen LogP contribution in [0.15, 0.2) is 42.5 Å². The summed E-state index contributed by atoms with van der Waals surface area (Å²) >= 11 is 5.78. The second kappa shape index (κ2) is 9.50. The number of hydrogen-bond donors (Lipinski definition) is 2. The molecule has 0 fully saturated rings. The molecule has 0 saturated heterocycles. The zero-order valence-electron chi connectivity index (χ0n) is 13.1. The molecule has 0 bridgehead atoms. The van der Waals surface area contributed by atoms with E-state index >= 15 is 0 Å². The SMILES string of the molecule is O=C(NCC#CCOc1ccc(F)cc1F)NCc1ccc(Cl)cc1. The topological polar surface area (TPSA) is 50.4 Å². The molecule has 0 saturated carbocycles. The largest absolute Gasteiger partial charge is 0.478 e. The molecule has 0 spiro atoms. The van der Waals surface area contributed by atoms with Crippen molar-refractivity contribution in [1.82, 2.24) is 10.6 Å². The maximum absolute atomic E-state index is 13.3. The van der Waals surface area contributed by atoms with Crippen LogP contribution >= 0.6 is 11.6 Å². The van der Waals surface area contributed by atoms with Gasteiger partial charge in [-0.1, -0.05) is 35.6 Å². The van der Waals surface area contributed by atoms with Crippen molar-refractivity contribution in [2.24, 2.45) is 0 Å². The molecule has 0 radical (unpaired) electrons. The first-order chi connectivity index (χ1) is 12.0. The van der Waals surface area contributed by atoms with Gasteiger partial charge in [0.25, 0.3) is 0 Å². The van der Waals surface area contributed by atoms with Crippen LogP contribution in [-0.4, -0.2) is 19.2 Å². The van der Waals surface area contributed by atoms with E-state index in [0.717, 1.165) is 17.7 Å². The first-order valence-electron chi connectivity index (χ1n) is 7.34. The third-order valence-electron chi connectivity index (χ3n) is 3.02. The third-order valence-corrected chi connectivity index (χ3v) is 3.27. The van der Waals surface area contributed by atoms with Gasteiger partial charge in [-0.15, -0.1) is 0 Å². The van der Waals surface area contributed by atoms with Crippen LogP contribution in [-0.2, 0) is 6.54 Å². The predicted octanol–water partition coefficient (Wildman–Crippen LogP) is 3.50. The summed E-state index contributed by atoms with van der Waals surface area (Å²) in [5.41, 5.74) is 0.917. The predicted molar refractivity (Wildman–Crippen MR) is 91.3 cm³/mol. The number of carbonyl (C=O) groups is 1. The maximum atomic E-state index is 13.3. The fourth-order valence-electron chi connectivity index (χ4n) is 1.79. The molecule has 2 aromatic carbocycles. The number of rotatable bonds is 5. The van der Waals surface area contributed by atoms with Gasteiger partial charge in [0, 0.05) is 17.6 Å². The minimum absolute atomic E-state index is 0.0728. The number of hydrogen-bond acceptors (Lipinski definition) is 2. The van der Waals surface area contributed by atoms with Gasteiger partial charge in [-0.25, -0.2) is 13.6 Å². The molecular weight excluding hydrogens is 350 g/mol. The monoisotopic (exact) mass is 364 g/mol. The quantitative estimate of drug-likeness (QED) is 0.798. The lowest BCUT2D eigenvalue weighted by atomic mass is 10.2. The summed E-state index contributed by atoms with van der Waals surface area (Å²) in [6, 6.07) is 9.76. The van der Waals surface area contributed by atoms with Gasteiger partial charge >= 0.3 is 6.03 Å². The molecule has 2 aromatic rings. The van der Waals surface area contributed by atoms with Gasteiger partial charge in [-0.05, 0) is 29.8 Å². The van der Waals surface area contributed by atoms with E-state index in [4.69, 9.17) is 16.3 Å². The molecule has 0 aliphatic carbocycles. The van der Waals surface area contributed by atoms with Gasteiger partial charge in [0.05, 0.1) is 6.54 Å². The highest BCUT2D eigenvalue weighted by atomic mass is 35.5. The van der Waals surface area contributed by atoms with Gasteiger partial charge in [0.2, 0.25) is 0 Å². The first-order valence-corrected chi connectivity index (χ1v) is 7.72. The molecule has 4 nitrogen and oxygen atoms in total. The number of amides is 2. The van der Waals surface area contributed by atoms with Crippen molar-refractivity contribution in [2.75, 3.05) is 13.2 Å². The Kier molecular flexibility index (Phi) is 7.05. The molecule has 2 rings (SSSR count). The van der Waals surface area contributed by atoms with Crippen LogP contribution in [0.3, 0.4) is 0 Å². The summed E-state index contributed by atoms with van der Waals surface area (Å²) in [5.74, 6) is 3.74. The summed E-state index contributed by atoms with van der Waals surface area (Å²) in [6.07, 6.45) is 0. The average Bonchev–Trinajstić information content (AvgIpc) is 2.59. The summed E-state index contributed by atoms with van der Waals surface area (Å²) < 4.78 is 31.1. The second-order valence-corrected chi connectivity index (χ2v) is 5.32. The Labute approximate surface area is 149 Å². The molecule has 130 valence electrons. The van der Waals surface area contributed by atoms with Crippen LogP contribution in [0.25, 0.3) is 0 Å². The molecule has 0 atom stereocenters. The Balaban J connectivity index is 1.64. The lowest BCUT2D eigenvalue weighted by Crippen LogP contribution is -2.35. The van der Waals surface area contributed by atoms with E-state index in [2.05, 4.69) is 22.5 Å². The Morgan fingerprint density at radius 3 is 2.56 bits per heavy atom. The van der Waals surface area contributed by atoms with Gasteiger partial charge in [-0.3, -0.25) is 0 Å². The second-order valence-electron chi connectivity index (χ2n) is 4.88. The lowest BCUT2D eigenvalue weighted by Gasteiger charge is -2.05. The minimum atomic E-state index is -0.790. The van der Waals surface area contributed by atoms with Crippen molar-refractivity contribution in [3.63, 3.8) is 0 Å². The van der Waals surface area contributed by atoms with Crippen LogP contribution in [0.4, 0.5) is 13.6 Å². The molecule has 2 amide bonds. The molecule has 2 N–H and O–H groups in total. The van der Waals surface area contributed by atoms with E-state index in [0.29, 0.717) is 11.6 Å². The van der Waals surface area contributed by atoms with Gasteiger partial charge in [0.15, 0.2) is 11.6 Å². The fourth-order valence-corrected chi connectivity index (χ4v) is 1.92. The zero-order chi connectivity index (χ0) is 18.1. The highest BCUT2D eigenvalue weighted by Gasteiger charge is 2.03. The van der Waals surface area contributed by atoms with Crippen LogP contribution in [0.5, 0.6) is 5.75 Å². The Hall–Kier alpha value is -2.78. The normalized spacial score (nSPS) is 9.72. The molecular formula is C18H15ClF2N2O2. The summed E-state index contributed by atoms with van der Waals surface area (Å²) in [4.78, 5) is 11.6. The maximum Gasteiger partial charge on any atom is 0.315 e. The standard InChI is InChI=1S/C18H15ClF2N2O2/c19-14-5-3-13(4-6-14)12-23-18(24)22-9-1-2-10-25-17-8-7-15(20)11-16(17)21/h3-8,11H,9-10,12H2,(H2,22,23,24). The number of ether oxygens (including phenoxy) is 1. The summed E-state index contributed by atoms with van der Waals surface area (Å²) in [5, 5.41) is 5.85. The minimum Gasteiger partial charge on any atom is -0.478 e. The lowest BCUT2D eigenvalue weighted by molar-refractivity contribution is 0.241. The highest BCUT2D eigenvalue weighted by molar-refractivity contribution is 6.30. The first kappa shape index (κ1) is 18.6. The van der Waals surface area contributed by atoms with Crippen molar-refractivity contribution in [3.05, 3.63) is 64.7 Å². The number of urea groups is 1. The Morgan fingerprint density at radius 1 is 1.08 bits per heavy atom. The van der Waals surface area contributed by atoms with Crippen LogP contribution < -0.4 is 15.4 Å². The third kappa shape index (κ3) is 6.69. The molecule has 0 unspecified atom stereocenters. The van der Waals surface area contributed by atoms with Gasteiger partial charge in [0.1, 0.15) is 12.4 Å². The van der Waals surface area contributed by atoms with Gasteiger partial charge in [-0.2, -0.15) is 0 Å². The average molecular weight is 365 g/mol. The molecule has 7 heteroatoms. The van der Waals surface area contributed by atoms with E-state index in [1.807, 2.05) is 12.1 Å². The number of halogens is 3. The molecule has 0 aliphatic rings. The van der Waals surface area contributed by atoms with Crippen molar-refractivity contribution >= 4 is 17.6 Å². The van der Waals surface area contributed by atoms with E-state index in [9.17, 15) is 13.6 Å². The zero-order valence-corrected chi connectivity index (χ0v) is 13.9. The molecule has 0 aromatic heterocycles. The summed E-state index contributed by atoms with van der Waals surface area (Å²) in [7, 11) is 0. The number of benzene rings is 2. The molecule has 0 heterocycles. The molecule has 0 aliphatic heterocycles. The van der Waals surface area contributed by atoms with E-state index in [-0.39, 0.29) is 24.9 Å². The Bertz CT molecular complexity index is 786. The van der Waals surface area contributed by atoms with Crippen molar-refractivity contribution in [2.45, 2.75) is 6.54 Å². The van der Waals surface area contributed by atoms with E-state index < -0.39 is 11.6 Å². The van der Waals surface area contributed by atoms with Crippen LogP contribution in [0.1, 0.15) is 5.56 Å². The van der Waals surface area contributed by atoms with E-state index in [1.165, 1.54) is 6.07 Å². The summed E-state index contributed by atoms with van der Waals surface area (Å²) in [6.45, 7) is 0.404. The fraction of sp³-hybridized carbons (Fsp3) is 0.167. The van der Waals surface area contributed by atoms with Crippen molar-refractivity contribution < 1.29 is 18.3 Å². The van der Waals surface area contributed by atoms with Crippen molar-refractivity contribution in [1.29, 1.82) is 0 Å². The Morgan fingerprint density at radius 2 is 1.84 bits per heavy atom. The van der Waals surface area contributed by atoms with E-state index in [1.54, 1.807) is 12.1 Å². The molecule has 25 heavy (non-hydrogen) atoms. The van der Waals surface area contributed by atoms with Crippen LogP contribution in [0, 0.1) is 23.5 Å².